The monoisotopic (exact) mass is 363 g/mol. The number of rotatable bonds is 5. The van der Waals surface area contributed by atoms with E-state index in [9.17, 15) is 17.6 Å². The normalized spacial score (nSPS) is 25.4. The molecule has 0 radical (unpaired) electrons. The van der Waals surface area contributed by atoms with Gasteiger partial charge >= 0.3 is 5.97 Å². The van der Waals surface area contributed by atoms with Crippen molar-refractivity contribution in [1.82, 2.24) is 0 Å². The van der Waals surface area contributed by atoms with Gasteiger partial charge in [0.1, 0.15) is 16.6 Å². The molecule has 7 heteroatoms. The number of halogens is 1. The summed E-state index contributed by atoms with van der Waals surface area (Å²) in [6, 6.07) is 13.2. The molecule has 0 amide bonds. The van der Waals surface area contributed by atoms with Crippen molar-refractivity contribution in [2.45, 2.75) is 28.5 Å². The maximum Gasteiger partial charge on any atom is 0.328 e. The average molecular weight is 363 g/mol. The van der Waals surface area contributed by atoms with Crippen molar-refractivity contribution in [3.63, 3.8) is 0 Å². The number of esters is 1. The number of hydrogen-bond donors (Lipinski definition) is 1. The largest absolute Gasteiger partial charge is 0.465 e. The fourth-order valence-electron chi connectivity index (χ4n) is 3.22. The first-order valence-corrected chi connectivity index (χ1v) is 9.38. The molecule has 2 aromatic rings. The molecule has 1 aliphatic carbocycles. The first-order chi connectivity index (χ1) is 11.8. The summed E-state index contributed by atoms with van der Waals surface area (Å²) in [7, 11) is -3.90. The van der Waals surface area contributed by atoms with Gasteiger partial charge < -0.3 is 10.5 Å². The molecule has 0 saturated heterocycles. The molecule has 0 unspecified atom stereocenters. The van der Waals surface area contributed by atoms with Crippen LogP contribution < -0.4 is 5.73 Å². The second-order valence-electron chi connectivity index (χ2n) is 5.96. The Morgan fingerprint density at radius 3 is 2.48 bits per heavy atom. The van der Waals surface area contributed by atoms with Crippen molar-refractivity contribution in [2.24, 2.45) is 5.73 Å². The van der Waals surface area contributed by atoms with Gasteiger partial charge in [-0.25, -0.2) is 17.6 Å². The Hall–Kier alpha value is -2.25. The van der Waals surface area contributed by atoms with E-state index in [0.29, 0.717) is 5.56 Å². The number of benzene rings is 2. The summed E-state index contributed by atoms with van der Waals surface area (Å²) in [5.41, 5.74) is 4.82. The Morgan fingerprint density at radius 2 is 1.88 bits per heavy atom. The van der Waals surface area contributed by atoms with Crippen LogP contribution in [0, 0.1) is 5.82 Å². The van der Waals surface area contributed by atoms with Crippen molar-refractivity contribution in [2.75, 3.05) is 6.61 Å². The van der Waals surface area contributed by atoms with Gasteiger partial charge in [-0.1, -0.05) is 30.3 Å². The van der Waals surface area contributed by atoms with Crippen molar-refractivity contribution >= 4 is 15.8 Å². The number of carbonyl (C=O) groups is 1. The summed E-state index contributed by atoms with van der Waals surface area (Å²) >= 11 is 0. The highest BCUT2D eigenvalue weighted by atomic mass is 32.2. The van der Waals surface area contributed by atoms with Crippen molar-refractivity contribution in [1.29, 1.82) is 0 Å². The quantitative estimate of drug-likeness (QED) is 0.822. The van der Waals surface area contributed by atoms with Crippen LogP contribution in [-0.2, 0) is 19.4 Å². The molecular weight excluding hydrogens is 345 g/mol. The summed E-state index contributed by atoms with van der Waals surface area (Å²) in [5.74, 6) is -2.19. The minimum absolute atomic E-state index is 0.0676. The Labute approximate surface area is 145 Å². The summed E-state index contributed by atoms with van der Waals surface area (Å²) in [6.07, 6.45) is 0. The van der Waals surface area contributed by atoms with Crippen LogP contribution in [0.3, 0.4) is 0 Å². The van der Waals surface area contributed by atoms with Gasteiger partial charge in [-0.05, 0) is 36.8 Å². The molecule has 2 aromatic carbocycles. The number of nitrogens with two attached hydrogens (primary N) is 1. The standard InChI is InChI=1S/C18H18FNO4S/c1-2-24-17(21)18(20)15(12-7-6-8-13(19)11-12)16(18)25(22,23)14-9-4-3-5-10-14/h3-11,15-16H,2,20H2,1H3/t15-,16+,18-/m1/s1. The third-order valence-electron chi connectivity index (χ3n) is 4.42. The number of carbonyl (C=O) groups excluding carboxylic acids is 1. The summed E-state index contributed by atoms with van der Waals surface area (Å²) in [4.78, 5) is 12.4. The third-order valence-corrected chi connectivity index (χ3v) is 6.68. The number of ether oxygens (including phenoxy) is 1. The minimum Gasteiger partial charge on any atom is -0.465 e. The molecule has 0 aliphatic heterocycles. The van der Waals surface area contributed by atoms with Gasteiger partial charge in [0, 0.05) is 5.92 Å². The van der Waals surface area contributed by atoms with Crippen LogP contribution in [0.2, 0.25) is 0 Å². The highest BCUT2D eigenvalue weighted by Gasteiger charge is 2.74. The van der Waals surface area contributed by atoms with Crippen molar-refractivity contribution in [3.8, 4) is 0 Å². The molecule has 25 heavy (non-hydrogen) atoms. The third kappa shape index (κ3) is 2.83. The lowest BCUT2D eigenvalue weighted by Gasteiger charge is -2.11. The molecule has 0 aromatic heterocycles. The smallest absolute Gasteiger partial charge is 0.328 e. The molecule has 1 fully saturated rings. The lowest BCUT2D eigenvalue weighted by atomic mass is 10.1. The topological polar surface area (TPSA) is 86.5 Å². The van der Waals surface area contributed by atoms with E-state index in [1.54, 1.807) is 31.2 Å². The van der Waals surface area contributed by atoms with Gasteiger partial charge in [-0.2, -0.15) is 0 Å². The zero-order valence-corrected chi connectivity index (χ0v) is 14.4. The van der Waals surface area contributed by atoms with Gasteiger partial charge in [0.25, 0.3) is 0 Å². The molecule has 3 rings (SSSR count). The second kappa shape index (κ2) is 6.24. The second-order valence-corrected chi connectivity index (χ2v) is 8.03. The van der Waals surface area contributed by atoms with Crippen LogP contribution in [0.1, 0.15) is 18.4 Å². The lowest BCUT2D eigenvalue weighted by molar-refractivity contribution is -0.145. The summed E-state index contributed by atoms with van der Waals surface area (Å²) < 4.78 is 44.6. The maximum absolute atomic E-state index is 13.6. The molecule has 5 nitrogen and oxygen atoms in total. The molecule has 0 heterocycles. The number of sulfone groups is 1. The molecule has 0 spiro atoms. The van der Waals surface area contributed by atoms with Crippen LogP contribution in [0.15, 0.2) is 59.5 Å². The van der Waals surface area contributed by atoms with E-state index in [4.69, 9.17) is 10.5 Å². The van der Waals surface area contributed by atoms with Crippen LogP contribution in [0.4, 0.5) is 4.39 Å². The Kier molecular flexibility index (Phi) is 4.38. The van der Waals surface area contributed by atoms with Crippen LogP contribution in [-0.4, -0.2) is 31.8 Å². The average Bonchev–Trinajstić information content (AvgIpc) is 3.24. The predicted molar refractivity (Wildman–Crippen MR) is 90.1 cm³/mol. The minimum atomic E-state index is -3.90. The molecule has 1 aliphatic rings. The lowest BCUT2D eigenvalue weighted by Crippen LogP contribution is -2.41. The van der Waals surface area contributed by atoms with Crippen LogP contribution >= 0.6 is 0 Å². The molecule has 3 atom stereocenters. The van der Waals surface area contributed by atoms with E-state index >= 15 is 0 Å². The van der Waals surface area contributed by atoms with Gasteiger partial charge in [-0.3, -0.25) is 0 Å². The van der Waals surface area contributed by atoms with E-state index in [0.717, 1.165) is 0 Å². The number of hydrogen-bond acceptors (Lipinski definition) is 5. The highest BCUT2D eigenvalue weighted by molar-refractivity contribution is 7.92. The van der Waals surface area contributed by atoms with Crippen molar-refractivity contribution in [3.05, 3.63) is 66.0 Å². The summed E-state index contributed by atoms with van der Waals surface area (Å²) in [6.45, 7) is 1.69. The van der Waals surface area contributed by atoms with E-state index in [2.05, 4.69) is 0 Å². The molecule has 132 valence electrons. The Bertz CT molecular complexity index is 900. The van der Waals surface area contributed by atoms with E-state index in [1.807, 2.05) is 0 Å². The van der Waals surface area contributed by atoms with Crippen LogP contribution in [0.5, 0.6) is 0 Å². The van der Waals surface area contributed by atoms with Crippen LogP contribution in [0.25, 0.3) is 0 Å². The SMILES string of the molecule is CCOC(=O)[C@@]1(N)[C@H](c2cccc(F)c2)[C@@H]1S(=O)(=O)c1ccccc1. The van der Waals surface area contributed by atoms with E-state index in [1.165, 1.54) is 30.3 Å². The van der Waals surface area contributed by atoms with Crippen molar-refractivity contribution < 1.29 is 22.3 Å². The predicted octanol–water partition coefficient (Wildman–Crippen LogP) is 2.03. The van der Waals surface area contributed by atoms with Gasteiger partial charge in [0.15, 0.2) is 9.84 Å². The molecule has 2 N–H and O–H groups in total. The van der Waals surface area contributed by atoms with E-state index < -0.39 is 38.3 Å². The zero-order valence-electron chi connectivity index (χ0n) is 13.6. The molecular formula is C18H18FNO4S. The van der Waals surface area contributed by atoms with Gasteiger partial charge in [0.05, 0.1) is 11.5 Å². The first-order valence-electron chi connectivity index (χ1n) is 7.84. The first kappa shape index (κ1) is 17.6. The maximum atomic E-state index is 13.6. The Morgan fingerprint density at radius 1 is 1.20 bits per heavy atom. The highest BCUT2D eigenvalue weighted by Crippen LogP contribution is 2.56. The zero-order chi connectivity index (χ0) is 18.2. The fraction of sp³-hybridized carbons (Fsp3) is 0.278. The fourth-order valence-corrected chi connectivity index (χ4v) is 5.46. The molecule has 0 bridgehead atoms. The van der Waals surface area contributed by atoms with Gasteiger partial charge in [0.2, 0.25) is 0 Å². The Balaban J connectivity index is 2.08. The molecule has 1 saturated carbocycles. The van der Waals surface area contributed by atoms with E-state index in [-0.39, 0.29) is 11.5 Å². The summed E-state index contributed by atoms with van der Waals surface area (Å²) in [5, 5.41) is -1.21. The van der Waals surface area contributed by atoms with Gasteiger partial charge in [-0.15, -0.1) is 0 Å².